The number of rotatable bonds is 2. The summed E-state index contributed by atoms with van der Waals surface area (Å²) in [4.78, 5) is 0. The third-order valence-electron chi connectivity index (χ3n) is 2.47. The molecule has 1 N–H and O–H groups in total. The molecule has 0 spiro atoms. The Morgan fingerprint density at radius 2 is 1.65 bits per heavy atom. The molecule has 0 fully saturated rings. The molecule has 2 aromatic rings. The van der Waals surface area contributed by atoms with Crippen molar-refractivity contribution < 1.29 is 13.9 Å². The summed E-state index contributed by atoms with van der Waals surface area (Å²) in [6.45, 7) is 0. The quantitative estimate of drug-likeness (QED) is 0.650. The Morgan fingerprint density at radius 1 is 1.00 bits per heavy atom. The van der Waals surface area contributed by atoms with Crippen LogP contribution in [-0.4, -0.2) is 5.11 Å². The van der Waals surface area contributed by atoms with E-state index >= 15 is 0 Å². The van der Waals surface area contributed by atoms with E-state index in [2.05, 4.69) is 0 Å². The lowest BCUT2D eigenvalue weighted by molar-refractivity contribution is 0.209. The van der Waals surface area contributed by atoms with E-state index < -0.39 is 17.7 Å². The standard InChI is InChI=1S/C13H9F2IO/c14-9-6-7-10(16)12(15)11(9)13(17)8-4-2-1-3-5-8/h1-7,13,17H. The molecule has 0 heterocycles. The fourth-order valence-electron chi connectivity index (χ4n) is 1.60. The zero-order chi connectivity index (χ0) is 12.4. The first-order valence-electron chi connectivity index (χ1n) is 4.97. The highest BCUT2D eigenvalue weighted by Crippen LogP contribution is 2.28. The summed E-state index contributed by atoms with van der Waals surface area (Å²) in [5.74, 6) is -1.44. The normalized spacial score (nSPS) is 12.5. The van der Waals surface area contributed by atoms with Gasteiger partial charge >= 0.3 is 0 Å². The van der Waals surface area contributed by atoms with Crippen LogP contribution in [0, 0.1) is 15.2 Å². The largest absolute Gasteiger partial charge is 0.383 e. The monoisotopic (exact) mass is 346 g/mol. The molecule has 1 nitrogen and oxygen atoms in total. The second-order valence-corrected chi connectivity index (χ2v) is 4.73. The average molecular weight is 346 g/mol. The van der Waals surface area contributed by atoms with Gasteiger partial charge in [-0.15, -0.1) is 0 Å². The second-order valence-electron chi connectivity index (χ2n) is 3.57. The lowest BCUT2D eigenvalue weighted by Crippen LogP contribution is -2.07. The summed E-state index contributed by atoms with van der Waals surface area (Å²) in [5.41, 5.74) is 0.162. The van der Waals surface area contributed by atoms with Gasteiger partial charge in [-0.25, -0.2) is 8.78 Å². The van der Waals surface area contributed by atoms with E-state index in [9.17, 15) is 13.9 Å². The fourth-order valence-corrected chi connectivity index (χ4v) is 2.07. The van der Waals surface area contributed by atoms with Gasteiger partial charge in [0.2, 0.25) is 0 Å². The van der Waals surface area contributed by atoms with Crippen LogP contribution in [0.5, 0.6) is 0 Å². The minimum Gasteiger partial charge on any atom is -0.383 e. The highest BCUT2D eigenvalue weighted by atomic mass is 127. The van der Waals surface area contributed by atoms with E-state index in [1.165, 1.54) is 6.07 Å². The number of benzene rings is 2. The van der Waals surface area contributed by atoms with Crippen LogP contribution < -0.4 is 0 Å². The molecule has 0 amide bonds. The van der Waals surface area contributed by atoms with Crippen LogP contribution in [-0.2, 0) is 0 Å². The van der Waals surface area contributed by atoms with Crippen LogP contribution in [0.25, 0.3) is 0 Å². The molecule has 0 bridgehead atoms. The molecule has 4 heteroatoms. The molecular weight excluding hydrogens is 337 g/mol. The van der Waals surface area contributed by atoms with Gasteiger partial charge in [0.1, 0.15) is 17.7 Å². The summed E-state index contributed by atoms with van der Waals surface area (Å²) in [6.07, 6.45) is -1.29. The number of hydrogen-bond acceptors (Lipinski definition) is 1. The fraction of sp³-hybridized carbons (Fsp3) is 0.0769. The summed E-state index contributed by atoms with van der Waals surface area (Å²) < 4.78 is 27.6. The first-order chi connectivity index (χ1) is 8.11. The van der Waals surface area contributed by atoms with E-state index in [1.54, 1.807) is 52.9 Å². The van der Waals surface area contributed by atoms with Crippen LogP contribution in [0.15, 0.2) is 42.5 Å². The highest BCUT2D eigenvalue weighted by Gasteiger charge is 2.21. The maximum absolute atomic E-state index is 13.8. The summed E-state index contributed by atoms with van der Waals surface area (Å²) in [6, 6.07) is 11.0. The Morgan fingerprint density at radius 3 is 2.29 bits per heavy atom. The number of halogens is 3. The molecule has 0 radical (unpaired) electrons. The Hall–Kier alpha value is -1.01. The van der Waals surface area contributed by atoms with Crippen LogP contribution in [0.1, 0.15) is 17.2 Å². The third-order valence-corrected chi connectivity index (χ3v) is 3.30. The van der Waals surface area contributed by atoms with Crippen molar-refractivity contribution in [3.8, 4) is 0 Å². The molecular formula is C13H9F2IO. The Labute approximate surface area is 111 Å². The van der Waals surface area contributed by atoms with Gasteiger partial charge in [0, 0.05) is 3.57 Å². The smallest absolute Gasteiger partial charge is 0.145 e. The topological polar surface area (TPSA) is 20.2 Å². The molecule has 1 atom stereocenters. The second kappa shape index (κ2) is 5.10. The van der Waals surface area contributed by atoms with Crippen molar-refractivity contribution in [2.45, 2.75) is 6.10 Å². The molecule has 0 aliphatic carbocycles. The molecule has 0 saturated heterocycles. The molecule has 0 saturated carbocycles. The molecule has 2 rings (SSSR count). The van der Waals surface area contributed by atoms with Crippen molar-refractivity contribution in [1.29, 1.82) is 0 Å². The van der Waals surface area contributed by atoms with Crippen LogP contribution in [0.2, 0.25) is 0 Å². The predicted molar refractivity (Wildman–Crippen MR) is 69.6 cm³/mol. The van der Waals surface area contributed by atoms with Crippen molar-refractivity contribution in [2.24, 2.45) is 0 Å². The zero-order valence-corrected chi connectivity index (χ0v) is 10.9. The first-order valence-corrected chi connectivity index (χ1v) is 6.05. The summed E-state index contributed by atoms with van der Waals surface area (Å²) >= 11 is 1.77. The van der Waals surface area contributed by atoms with Crippen molar-refractivity contribution in [2.75, 3.05) is 0 Å². The molecule has 0 aliphatic rings. The van der Waals surface area contributed by atoms with Gasteiger partial charge in [-0.3, -0.25) is 0 Å². The van der Waals surface area contributed by atoms with Gasteiger partial charge < -0.3 is 5.11 Å². The lowest BCUT2D eigenvalue weighted by Gasteiger charge is -2.14. The van der Waals surface area contributed by atoms with Crippen molar-refractivity contribution in [3.05, 3.63) is 68.8 Å². The van der Waals surface area contributed by atoms with E-state index in [1.807, 2.05) is 0 Å². The average Bonchev–Trinajstić information content (AvgIpc) is 2.35. The van der Waals surface area contributed by atoms with Gasteiger partial charge in [-0.1, -0.05) is 30.3 Å². The van der Waals surface area contributed by atoms with Crippen LogP contribution in [0.4, 0.5) is 8.78 Å². The minimum absolute atomic E-state index is 0.286. The van der Waals surface area contributed by atoms with Crippen molar-refractivity contribution in [3.63, 3.8) is 0 Å². The predicted octanol–water partition coefficient (Wildman–Crippen LogP) is 3.65. The van der Waals surface area contributed by atoms with E-state index in [-0.39, 0.29) is 9.13 Å². The number of hydrogen-bond donors (Lipinski definition) is 1. The first kappa shape index (κ1) is 12.4. The lowest BCUT2D eigenvalue weighted by atomic mass is 10.0. The molecule has 1 unspecified atom stereocenters. The minimum atomic E-state index is -1.29. The van der Waals surface area contributed by atoms with E-state index in [0.717, 1.165) is 6.07 Å². The SMILES string of the molecule is OC(c1ccccc1)c1c(F)ccc(I)c1F. The van der Waals surface area contributed by atoms with Gasteiger partial charge in [0.05, 0.1) is 5.56 Å². The number of aliphatic hydroxyl groups is 1. The van der Waals surface area contributed by atoms with Crippen LogP contribution in [0.3, 0.4) is 0 Å². The third kappa shape index (κ3) is 2.47. The van der Waals surface area contributed by atoms with Gasteiger partial charge in [0.15, 0.2) is 0 Å². The summed E-state index contributed by atoms with van der Waals surface area (Å²) in [7, 11) is 0. The Bertz CT molecular complexity index is 528. The molecule has 17 heavy (non-hydrogen) atoms. The highest BCUT2D eigenvalue weighted by molar-refractivity contribution is 14.1. The Balaban J connectivity index is 2.51. The molecule has 2 aromatic carbocycles. The van der Waals surface area contributed by atoms with Gasteiger partial charge in [0.25, 0.3) is 0 Å². The Kier molecular flexibility index (Phi) is 3.73. The molecule has 0 aromatic heterocycles. The number of aliphatic hydroxyl groups excluding tert-OH is 1. The van der Waals surface area contributed by atoms with Gasteiger partial charge in [-0.05, 0) is 40.3 Å². The molecule has 88 valence electrons. The van der Waals surface area contributed by atoms with Crippen LogP contribution >= 0.6 is 22.6 Å². The van der Waals surface area contributed by atoms with Gasteiger partial charge in [-0.2, -0.15) is 0 Å². The van der Waals surface area contributed by atoms with E-state index in [0.29, 0.717) is 5.56 Å². The maximum Gasteiger partial charge on any atom is 0.145 e. The summed E-state index contributed by atoms with van der Waals surface area (Å²) in [5, 5.41) is 9.99. The van der Waals surface area contributed by atoms with Crippen molar-refractivity contribution in [1.82, 2.24) is 0 Å². The van der Waals surface area contributed by atoms with Crippen molar-refractivity contribution >= 4 is 22.6 Å². The van der Waals surface area contributed by atoms with E-state index in [4.69, 9.17) is 0 Å². The molecule has 0 aliphatic heterocycles. The zero-order valence-electron chi connectivity index (χ0n) is 8.70. The maximum atomic E-state index is 13.8.